The predicted molar refractivity (Wildman–Crippen MR) is 76.4 cm³/mol. The van der Waals surface area contributed by atoms with Crippen molar-refractivity contribution in [1.82, 2.24) is 0 Å². The minimum atomic E-state index is -0.466. The molecule has 1 aromatic rings. The molecule has 1 fully saturated rings. The highest BCUT2D eigenvalue weighted by atomic mass is 16.5. The van der Waals surface area contributed by atoms with Crippen LogP contribution in [0.4, 0.5) is 0 Å². The lowest BCUT2D eigenvalue weighted by Crippen LogP contribution is -2.21. The number of rotatable bonds is 4. The molecule has 1 heterocycles. The number of carbonyl (C=O) groups excluding carboxylic acids is 2. The summed E-state index contributed by atoms with van der Waals surface area (Å²) in [5.74, 6) is -0.932. The highest BCUT2D eigenvalue weighted by Crippen LogP contribution is 2.20. The summed E-state index contributed by atoms with van der Waals surface area (Å²) in [6.45, 7) is 0.769. The third-order valence-electron chi connectivity index (χ3n) is 3.57. The van der Waals surface area contributed by atoms with Crippen LogP contribution >= 0.6 is 0 Å². The number of methoxy groups -OCH3 is 2. The van der Waals surface area contributed by atoms with Gasteiger partial charge in [-0.05, 0) is 49.4 Å². The Balaban J connectivity index is 2.25. The van der Waals surface area contributed by atoms with Gasteiger partial charge in [-0.15, -0.1) is 0 Å². The lowest BCUT2D eigenvalue weighted by Gasteiger charge is -2.22. The van der Waals surface area contributed by atoms with Gasteiger partial charge in [0.15, 0.2) is 0 Å². The Morgan fingerprint density at radius 3 is 2.19 bits per heavy atom. The van der Waals surface area contributed by atoms with Crippen molar-refractivity contribution in [1.29, 1.82) is 0 Å². The van der Waals surface area contributed by atoms with Crippen LogP contribution in [0.1, 0.15) is 45.5 Å². The lowest BCUT2D eigenvalue weighted by atomic mass is 9.97. The fourth-order valence-corrected chi connectivity index (χ4v) is 2.51. The van der Waals surface area contributed by atoms with E-state index >= 15 is 0 Å². The van der Waals surface area contributed by atoms with E-state index in [1.807, 2.05) is 0 Å². The molecule has 5 nitrogen and oxygen atoms in total. The SMILES string of the molecule is COC(=O)c1cc(CC2CCCCO2)cc(C(=O)OC)c1. The molecule has 1 unspecified atom stereocenters. The largest absolute Gasteiger partial charge is 0.465 e. The van der Waals surface area contributed by atoms with Gasteiger partial charge in [0, 0.05) is 6.61 Å². The highest BCUT2D eigenvalue weighted by Gasteiger charge is 2.18. The Labute approximate surface area is 124 Å². The number of benzene rings is 1. The summed E-state index contributed by atoms with van der Waals surface area (Å²) in [6, 6.07) is 4.98. The van der Waals surface area contributed by atoms with Gasteiger partial charge in [-0.1, -0.05) is 0 Å². The second-order valence-electron chi connectivity index (χ2n) is 5.09. The first-order valence-corrected chi connectivity index (χ1v) is 7.06. The Morgan fingerprint density at radius 1 is 1.10 bits per heavy atom. The molecule has 1 aliphatic rings. The summed E-state index contributed by atoms with van der Waals surface area (Å²) in [5.41, 5.74) is 1.59. The smallest absolute Gasteiger partial charge is 0.337 e. The van der Waals surface area contributed by atoms with Crippen LogP contribution in [0.15, 0.2) is 18.2 Å². The summed E-state index contributed by atoms with van der Waals surface area (Å²) in [4.78, 5) is 23.4. The minimum Gasteiger partial charge on any atom is -0.465 e. The maximum absolute atomic E-state index is 11.7. The van der Waals surface area contributed by atoms with Crippen molar-refractivity contribution in [3.8, 4) is 0 Å². The van der Waals surface area contributed by atoms with Crippen molar-refractivity contribution in [2.45, 2.75) is 31.8 Å². The Kier molecular flexibility index (Phi) is 5.33. The Hall–Kier alpha value is -1.88. The van der Waals surface area contributed by atoms with E-state index in [0.717, 1.165) is 31.4 Å². The molecule has 114 valence electrons. The maximum Gasteiger partial charge on any atom is 0.337 e. The minimum absolute atomic E-state index is 0.136. The second kappa shape index (κ2) is 7.22. The zero-order chi connectivity index (χ0) is 15.2. The molecular weight excluding hydrogens is 272 g/mol. The van der Waals surface area contributed by atoms with Gasteiger partial charge in [-0.25, -0.2) is 9.59 Å². The van der Waals surface area contributed by atoms with Crippen LogP contribution in [0.2, 0.25) is 0 Å². The molecule has 0 bridgehead atoms. The van der Waals surface area contributed by atoms with Gasteiger partial charge in [-0.2, -0.15) is 0 Å². The summed E-state index contributed by atoms with van der Waals surface area (Å²) >= 11 is 0. The molecule has 1 aromatic carbocycles. The highest BCUT2D eigenvalue weighted by molar-refractivity contribution is 5.95. The first kappa shape index (κ1) is 15.5. The number of ether oxygens (including phenoxy) is 3. The average molecular weight is 292 g/mol. The maximum atomic E-state index is 11.7. The molecule has 1 saturated heterocycles. The monoisotopic (exact) mass is 292 g/mol. The van der Waals surface area contributed by atoms with E-state index in [1.54, 1.807) is 12.1 Å². The second-order valence-corrected chi connectivity index (χ2v) is 5.09. The molecule has 5 heteroatoms. The number of hydrogen-bond acceptors (Lipinski definition) is 5. The van der Waals surface area contributed by atoms with Crippen molar-refractivity contribution >= 4 is 11.9 Å². The van der Waals surface area contributed by atoms with Gasteiger partial charge in [0.25, 0.3) is 0 Å². The van der Waals surface area contributed by atoms with Gasteiger partial charge >= 0.3 is 11.9 Å². The van der Waals surface area contributed by atoms with Crippen molar-refractivity contribution in [3.05, 3.63) is 34.9 Å². The predicted octanol–water partition coefficient (Wildman–Crippen LogP) is 2.37. The summed E-state index contributed by atoms with van der Waals surface area (Å²) in [7, 11) is 2.63. The summed E-state index contributed by atoms with van der Waals surface area (Å²) in [5, 5.41) is 0. The molecule has 1 atom stereocenters. The van der Waals surface area contributed by atoms with Crippen LogP contribution < -0.4 is 0 Å². The molecule has 2 rings (SSSR count). The third-order valence-corrected chi connectivity index (χ3v) is 3.57. The van der Waals surface area contributed by atoms with Crippen molar-refractivity contribution in [2.75, 3.05) is 20.8 Å². The van der Waals surface area contributed by atoms with Crippen LogP contribution in [0, 0.1) is 0 Å². The summed E-state index contributed by atoms with van der Waals surface area (Å²) in [6.07, 6.45) is 4.04. The van der Waals surface area contributed by atoms with E-state index in [0.29, 0.717) is 17.5 Å². The number of hydrogen-bond donors (Lipinski definition) is 0. The van der Waals surface area contributed by atoms with Gasteiger partial charge < -0.3 is 14.2 Å². The molecule has 21 heavy (non-hydrogen) atoms. The van der Waals surface area contributed by atoms with Crippen LogP contribution in [-0.4, -0.2) is 38.9 Å². The van der Waals surface area contributed by atoms with E-state index in [-0.39, 0.29) is 6.10 Å². The normalized spacial score (nSPS) is 18.1. The fourth-order valence-electron chi connectivity index (χ4n) is 2.51. The van der Waals surface area contributed by atoms with E-state index in [9.17, 15) is 9.59 Å². The lowest BCUT2D eigenvalue weighted by molar-refractivity contribution is 0.0167. The van der Waals surface area contributed by atoms with Crippen LogP contribution in [0.5, 0.6) is 0 Å². The van der Waals surface area contributed by atoms with Crippen LogP contribution in [0.25, 0.3) is 0 Å². The molecule has 0 saturated carbocycles. The standard InChI is InChI=1S/C16H20O5/c1-19-15(17)12-7-11(8-13(10-12)16(18)20-2)9-14-5-3-4-6-21-14/h7-8,10,14H,3-6,9H2,1-2H3. The topological polar surface area (TPSA) is 61.8 Å². The van der Waals surface area contributed by atoms with Gasteiger partial charge in [0.1, 0.15) is 0 Å². The quantitative estimate of drug-likeness (QED) is 0.797. The van der Waals surface area contributed by atoms with Crippen LogP contribution in [0.3, 0.4) is 0 Å². The molecule has 0 aliphatic carbocycles. The van der Waals surface area contributed by atoms with E-state index in [4.69, 9.17) is 14.2 Å². The van der Waals surface area contributed by atoms with E-state index in [2.05, 4.69) is 0 Å². The zero-order valence-electron chi connectivity index (χ0n) is 12.4. The number of esters is 2. The molecular formula is C16H20O5. The summed E-state index contributed by atoms with van der Waals surface area (Å²) < 4.78 is 15.2. The first-order valence-electron chi connectivity index (χ1n) is 7.06. The van der Waals surface area contributed by atoms with Gasteiger partial charge in [-0.3, -0.25) is 0 Å². The van der Waals surface area contributed by atoms with Gasteiger partial charge in [0.05, 0.1) is 31.5 Å². The Bertz CT molecular complexity index is 483. The van der Waals surface area contributed by atoms with Crippen molar-refractivity contribution in [3.63, 3.8) is 0 Å². The first-order chi connectivity index (χ1) is 10.1. The van der Waals surface area contributed by atoms with Gasteiger partial charge in [0.2, 0.25) is 0 Å². The molecule has 0 aromatic heterocycles. The molecule has 0 spiro atoms. The zero-order valence-corrected chi connectivity index (χ0v) is 12.4. The molecule has 1 aliphatic heterocycles. The number of carbonyl (C=O) groups is 2. The van der Waals surface area contributed by atoms with E-state index < -0.39 is 11.9 Å². The molecule has 0 amide bonds. The fraction of sp³-hybridized carbons (Fsp3) is 0.500. The average Bonchev–Trinajstić information content (AvgIpc) is 2.53. The molecule has 0 N–H and O–H groups in total. The van der Waals surface area contributed by atoms with Crippen LogP contribution in [-0.2, 0) is 20.6 Å². The Morgan fingerprint density at radius 2 is 1.71 bits per heavy atom. The van der Waals surface area contributed by atoms with E-state index in [1.165, 1.54) is 20.3 Å². The van der Waals surface area contributed by atoms with Crippen molar-refractivity contribution < 1.29 is 23.8 Å². The molecule has 0 radical (unpaired) electrons. The van der Waals surface area contributed by atoms with Crippen molar-refractivity contribution in [2.24, 2.45) is 0 Å². The third kappa shape index (κ3) is 4.04.